The molecular formula is C84H30F6I18O24-6. The Labute approximate surface area is 986 Å². The molecule has 12 rings (SSSR count). The van der Waals surface area contributed by atoms with E-state index in [2.05, 4.69) is 226 Å². The van der Waals surface area contributed by atoms with E-state index >= 15 is 0 Å². The monoisotopic (exact) mass is 3820 g/mol. The normalized spacial score (nSPS) is 10.4. The summed E-state index contributed by atoms with van der Waals surface area (Å²) in [7, 11) is 0. The van der Waals surface area contributed by atoms with Crippen molar-refractivity contribution in [3.8, 4) is 34.5 Å². The minimum Gasteiger partial charge on any atom is -0.545 e. The van der Waals surface area contributed by atoms with E-state index in [4.69, 9.17) is 28.4 Å². The highest BCUT2D eigenvalue weighted by molar-refractivity contribution is 14.1. The van der Waals surface area contributed by atoms with Crippen molar-refractivity contribution >= 4 is 478 Å². The zero-order chi connectivity index (χ0) is 98.6. The van der Waals surface area contributed by atoms with Crippen LogP contribution in [0.4, 0.5) is 26.3 Å². The highest BCUT2D eigenvalue weighted by Crippen LogP contribution is 2.36. The minimum absolute atomic E-state index is 0.0599. The molecule has 0 aliphatic rings. The van der Waals surface area contributed by atoms with Crippen LogP contribution in [0.3, 0.4) is 0 Å². The fourth-order valence-electron chi connectivity index (χ4n) is 9.67. The van der Waals surface area contributed by atoms with Gasteiger partial charge in [0.15, 0.2) is 34.6 Å². The van der Waals surface area contributed by atoms with Crippen LogP contribution in [0.2, 0.25) is 0 Å². The Bertz CT molecular complexity index is 6650. The Balaban J connectivity index is 0.000000216. The van der Waals surface area contributed by atoms with E-state index in [9.17, 15) is 115 Å². The minimum atomic E-state index is -1.77. The fraction of sp³-hybridized carbons (Fsp3) is 0. The number of carbonyl (C=O) groups excluding carboxylic acids is 12. The first-order chi connectivity index (χ1) is 61.8. The van der Waals surface area contributed by atoms with Crippen molar-refractivity contribution in [2.45, 2.75) is 0 Å². The lowest BCUT2D eigenvalue weighted by atomic mass is 10.1. The quantitative estimate of drug-likeness (QED) is 0.0253. The first-order valence-electron chi connectivity index (χ1n) is 34.0. The van der Waals surface area contributed by atoms with Gasteiger partial charge in [-0.15, -0.1) is 0 Å². The first kappa shape index (κ1) is 116. The summed E-state index contributed by atoms with van der Waals surface area (Å²) in [6.07, 6.45) is 0. The molecule has 0 N–H and O–H groups in total. The first-order valence-corrected chi connectivity index (χ1v) is 53.4. The third-order valence-electron chi connectivity index (χ3n) is 15.5. The van der Waals surface area contributed by atoms with Crippen molar-refractivity contribution in [2.24, 2.45) is 0 Å². The molecule has 12 aromatic carbocycles. The van der Waals surface area contributed by atoms with Crippen LogP contribution in [0.1, 0.15) is 124 Å². The smallest absolute Gasteiger partial charge is 0.347 e. The number of hydrogen-bond donors (Lipinski definition) is 0. The van der Waals surface area contributed by atoms with E-state index in [1.807, 2.05) is 205 Å². The summed E-state index contributed by atoms with van der Waals surface area (Å²) in [5.41, 5.74) is -2.88. The average Bonchev–Trinajstić information content (AvgIpc) is 0.803. The van der Waals surface area contributed by atoms with E-state index in [1.165, 1.54) is 30.3 Å². The molecule has 132 heavy (non-hydrogen) atoms. The fourth-order valence-corrected chi connectivity index (χ4v) is 26.8. The van der Waals surface area contributed by atoms with Gasteiger partial charge in [0.1, 0.15) is 40.3 Å². The van der Waals surface area contributed by atoms with Gasteiger partial charge in [-0.1, -0.05) is 18.2 Å². The summed E-state index contributed by atoms with van der Waals surface area (Å²) in [5, 5.41) is 64.9. The van der Waals surface area contributed by atoms with Crippen molar-refractivity contribution in [1.82, 2.24) is 0 Å². The number of carbonyl (C=O) groups is 12. The molecule has 0 fully saturated rings. The van der Waals surface area contributed by atoms with Crippen LogP contribution in [0.25, 0.3) is 0 Å². The van der Waals surface area contributed by atoms with Gasteiger partial charge in [0, 0.05) is 89.4 Å². The Kier molecular flexibility index (Phi) is 47.7. The number of carboxylic acids is 6. The van der Waals surface area contributed by atoms with Crippen molar-refractivity contribution in [1.29, 1.82) is 0 Å². The van der Waals surface area contributed by atoms with Crippen molar-refractivity contribution in [3.63, 3.8) is 0 Å². The van der Waals surface area contributed by atoms with Gasteiger partial charge in [-0.05, 0) is 564 Å². The number of rotatable bonds is 18. The molecular weight excluding hydrogens is 3790 g/mol. The molecule has 24 nitrogen and oxygen atoms in total. The van der Waals surface area contributed by atoms with Gasteiger partial charge in [0.25, 0.3) is 0 Å². The summed E-state index contributed by atoms with van der Waals surface area (Å²) < 4.78 is 127. The Morgan fingerprint density at radius 2 is 0.538 bits per heavy atom. The predicted molar refractivity (Wildman–Crippen MR) is 602 cm³/mol. The predicted octanol–water partition coefficient (Wildman–Crippen LogP) is 19.3. The molecule has 0 unspecified atom stereocenters. The number of esters is 6. The standard InChI is InChI=1S/6C14H6FI3O4/c15-10-2-1-7(5-8(10)13(19)20)22-14(21)9-3-6(16)4-11(17)12(9)18;15-10-5-7(1-2-8(10)13(19)20)22-14(21)9-3-6(16)4-11(17)12(9)18;15-9-3-6(13(19)20)1-2-11(9)22-14(21)8-4-7(16)5-10(17)12(8)18;15-9-2-1-6(13(19)20)3-11(9)22-14(21)8-4-7(16)5-10(17)12(8)18;15-8-3-1-2-7(11(8)13(19)20)14(21)22-12-9(17)4-6(16)5-10(12)18;15-8-3-1-2-7(13(19)20)11(8)14(21)22-12-9(17)4-6(16)5-10(12)18/h6*1-5H,(H,19,20)/p-6. The molecule has 0 radical (unpaired) electrons. The number of ether oxygens (including phenoxy) is 6. The third kappa shape index (κ3) is 33.6. The van der Waals surface area contributed by atoms with Gasteiger partial charge < -0.3 is 87.8 Å². The maximum Gasteiger partial charge on any atom is 0.347 e. The molecule has 0 atom stereocenters. The summed E-state index contributed by atoms with van der Waals surface area (Å²) in [5.74, 6) is -20.5. The van der Waals surface area contributed by atoms with Gasteiger partial charge in [0.05, 0.1) is 77.9 Å². The SMILES string of the molecule is O=C(Oc1c(I)cc(I)cc1I)c1cccc(F)c1C(=O)[O-].O=C([O-])c1cc(OC(=O)c2cc(I)cc(I)c2I)ccc1F.O=C([O-])c1ccc(F)c(OC(=O)c2cc(I)cc(I)c2I)c1.O=C([O-])c1ccc(OC(=O)c2cc(I)cc(I)c2I)c(F)c1.O=C([O-])c1ccc(OC(=O)c2cc(I)cc(I)c2I)cc1F.O=C([O-])c1cccc(F)c1C(=O)Oc1c(I)cc(I)cc1I. The van der Waals surface area contributed by atoms with Gasteiger partial charge >= 0.3 is 35.8 Å². The van der Waals surface area contributed by atoms with Gasteiger partial charge in [-0.3, -0.25) is 0 Å². The average molecular weight is 3820 g/mol. The maximum absolute atomic E-state index is 13.8. The van der Waals surface area contributed by atoms with Crippen molar-refractivity contribution < 1.29 is 143 Å². The van der Waals surface area contributed by atoms with Crippen LogP contribution in [-0.2, 0) is 0 Å². The second-order valence-corrected chi connectivity index (χ2v) is 45.4. The molecule has 0 spiro atoms. The summed E-state index contributed by atoms with van der Waals surface area (Å²) in [4.78, 5) is 138. The number of carboxylic acid groups (broad SMARTS) is 6. The highest BCUT2D eigenvalue weighted by atomic mass is 127. The van der Waals surface area contributed by atoms with Gasteiger partial charge in [-0.2, -0.15) is 0 Å². The van der Waals surface area contributed by atoms with E-state index in [1.54, 1.807) is 48.5 Å². The molecule has 0 amide bonds. The molecule has 0 saturated carbocycles. The molecule has 12 aromatic rings. The largest absolute Gasteiger partial charge is 0.545 e. The maximum atomic E-state index is 13.8. The van der Waals surface area contributed by atoms with Crippen molar-refractivity contribution in [2.75, 3.05) is 0 Å². The van der Waals surface area contributed by atoms with Crippen LogP contribution in [0, 0.1) is 99.2 Å². The lowest BCUT2D eigenvalue weighted by Gasteiger charge is -2.13. The molecule has 684 valence electrons. The summed E-state index contributed by atoms with van der Waals surface area (Å²) >= 11 is 36.9. The molecule has 0 aliphatic heterocycles. The Morgan fingerprint density at radius 3 is 0.924 bits per heavy atom. The van der Waals surface area contributed by atoms with Crippen molar-refractivity contribution in [3.05, 3.63) is 348 Å². The summed E-state index contributed by atoms with van der Waals surface area (Å²) in [6, 6.07) is 39.9. The van der Waals surface area contributed by atoms with E-state index in [0.717, 1.165) is 122 Å². The number of hydrogen-bond acceptors (Lipinski definition) is 24. The van der Waals surface area contributed by atoms with Gasteiger partial charge in [0.2, 0.25) is 0 Å². The van der Waals surface area contributed by atoms with Crippen LogP contribution < -0.4 is 59.1 Å². The highest BCUT2D eigenvalue weighted by Gasteiger charge is 2.27. The van der Waals surface area contributed by atoms with E-state index in [-0.39, 0.29) is 45.3 Å². The topological polar surface area (TPSA) is 399 Å². The van der Waals surface area contributed by atoms with E-state index in [0.29, 0.717) is 43.9 Å². The van der Waals surface area contributed by atoms with Crippen LogP contribution >= 0.6 is 407 Å². The molecule has 0 aliphatic carbocycles. The number of aromatic carboxylic acids is 6. The second kappa shape index (κ2) is 54.3. The zero-order valence-corrected chi connectivity index (χ0v) is 102. The zero-order valence-electron chi connectivity index (χ0n) is 63.2. The third-order valence-corrected chi connectivity index (χ3v) is 34.6. The summed E-state index contributed by atoms with van der Waals surface area (Å²) in [6.45, 7) is 0. The molecule has 0 saturated heterocycles. The lowest BCUT2D eigenvalue weighted by Crippen LogP contribution is -2.27. The van der Waals surface area contributed by atoms with Crippen LogP contribution in [0.5, 0.6) is 34.5 Å². The van der Waals surface area contributed by atoms with E-state index < -0.39 is 140 Å². The van der Waals surface area contributed by atoms with Crippen LogP contribution in [-0.4, -0.2) is 71.6 Å². The van der Waals surface area contributed by atoms with Gasteiger partial charge in [-0.25, -0.2) is 55.1 Å². The Hall–Kier alpha value is -3.00. The Morgan fingerprint density at radius 1 is 0.212 bits per heavy atom. The molecule has 0 heterocycles. The second-order valence-electron chi connectivity index (χ2n) is 24.4. The molecule has 48 heteroatoms. The number of benzene rings is 12. The lowest BCUT2D eigenvalue weighted by molar-refractivity contribution is -0.256. The number of halogens is 24. The van der Waals surface area contributed by atoms with Crippen LogP contribution in [0.15, 0.2) is 182 Å². The molecule has 0 bridgehead atoms. The molecule has 0 aromatic heterocycles.